The van der Waals surface area contributed by atoms with Gasteiger partial charge in [-0.2, -0.15) is 0 Å². The number of allylic oxidation sites excluding steroid dienone is 2. The summed E-state index contributed by atoms with van der Waals surface area (Å²) >= 11 is 0. The summed E-state index contributed by atoms with van der Waals surface area (Å²) in [4.78, 5) is 12.9. The minimum atomic E-state index is -1.09. The Bertz CT molecular complexity index is 822. The normalized spacial score (nSPS) is 13.6. The summed E-state index contributed by atoms with van der Waals surface area (Å²) in [6.07, 6.45) is 13.2. The van der Waals surface area contributed by atoms with Gasteiger partial charge in [0.05, 0.1) is 6.26 Å². The van der Waals surface area contributed by atoms with Gasteiger partial charge in [0.2, 0.25) is 0 Å². The van der Waals surface area contributed by atoms with Crippen LogP contribution in [0.3, 0.4) is 0 Å². The third-order valence-electron chi connectivity index (χ3n) is 4.30. The van der Waals surface area contributed by atoms with Gasteiger partial charge >= 0.3 is 5.97 Å². The van der Waals surface area contributed by atoms with Gasteiger partial charge in [-0.1, -0.05) is 123 Å². The number of esters is 1. The number of benzene rings is 2. The van der Waals surface area contributed by atoms with Crippen LogP contribution in [0.2, 0.25) is 0 Å². The first-order valence-electron chi connectivity index (χ1n) is 9.27. The van der Waals surface area contributed by atoms with E-state index in [1.54, 1.807) is 0 Å². The third kappa shape index (κ3) is 6.10. The van der Waals surface area contributed by atoms with Gasteiger partial charge in [-0.15, -0.1) is 0 Å². The van der Waals surface area contributed by atoms with Gasteiger partial charge in [-0.05, 0) is 17.5 Å². The fourth-order valence-corrected chi connectivity index (χ4v) is 2.52. The summed E-state index contributed by atoms with van der Waals surface area (Å²) in [5.41, 5.74) is 1.83. The van der Waals surface area contributed by atoms with Gasteiger partial charge in [-0.25, -0.2) is 0 Å². The molecule has 0 unspecified atom stereocenters. The van der Waals surface area contributed by atoms with E-state index in [1.165, 1.54) is 0 Å². The van der Waals surface area contributed by atoms with Gasteiger partial charge in [-0.3, -0.25) is 4.79 Å². The number of carbonyl (C=O) groups is 1. The van der Waals surface area contributed by atoms with E-state index in [2.05, 4.69) is 13.2 Å². The van der Waals surface area contributed by atoms with Crippen molar-refractivity contribution in [3.8, 4) is 0 Å². The van der Waals surface area contributed by atoms with Crippen LogP contribution in [-0.2, 0) is 9.53 Å². The Hall–Kier alpha value is -3.39. The van der Waals surface area contributed by atoms with Crippen LogP contribution in [0.1, 0.15) is 24.5 Å². The Morgan fingerprint density at radius 3 is 1.86 bits per heavy atom. The first-order valence-corrected chi connectivity index (χ1v) is 9.27. The monoisotopic (exact) mass is 370 g/mol. The van der Waals surface area contributed by atoms with E-state index >= 15 is 0 Å². The molecule has 0 saturated carbocycles. The molecule has 0 aliphatic carbocycles. The molecular formula is C26H26O2. The molecule has 2 rings (SSSR count). The molecule has 0 heterocycles. The van der Waals surface area contributed by atoms with Crippen molar-refractivity contribution in [2.45, 2.75) is 13.3 Å². The lowest BCUT2D eigenvalue weighted by molar-refractivity contribution is -0.142. The molecule has 0 saturated heterocycles. The first-order chi connectivity index (χ1) is 13.6. The van der Waals surface area contributed by atoms with Gasteiger partial charge in [0.15, 0.2) is 0 Å². The maximum absolute atomic E-state index is 12.9. The molecule has 0 aromatic heterocycles. The highest BCUT2D eigenvalue weighted by molar-refractivity contribution is 5.87. The van der Waals surface area contributed by atoms with Crippen molar-refractivity contribution in [3.05, 3.63) is 121 Å². The molecule has 0 fully saturated rings. The number of carbonyl (C=O) groups excluding carboxylic acids is 1. The van der Waals surface area contributed by atoms with Gasteiger partial charge < -0.3 is 4.74 Å². The van der Waals surface area contributed by atoms with Crippen LogP contribution < -0.4 is 0 Å². The largest absolute Gasteiger partial charge is 0.434 e. The van der Waals surface area contributed by atoms with Crippen molar-refractivity contribution in [1.82, 2.24) is 0 Å². The molecule has 2 aromatic rings. The van der Waals surface area contributed by atoms with Crippen LogP contribution in [0.5, 0.6) is 0 Å². The van der Waals surface area contributed by atoms with Gasteiger partial charge in [0.25, 0.3) is 0 Å². The molecule has 0 bridgehead atoms. The highest BCUT2D eigenvalue weighted by Gasteiger charge is 2.32. The smallest absolute Gasteiger partial charge is 0.328 e. The minimum Gasteiger partial charge on any atom is -0.434 e. The second kappa shape index (κ2) is 10.7. The van der Waals surface area contributed by atoms with Crippen LogP contribution in [0, 0.1) is 5.41 Å². The molecule has 28 heavy (non-hydrogen) atoms. The van der Waals surface area contributed by atoms with Crippen LogP contribution in [0.25, 0.3) is 12.2 Å². The molecule has 0 atom stereocenters. The molecular weight excluding hydrogens is 344 g/mol. The fourth-order valence-electron chi connectivity index (χ4n) is 2.52. The number of ether oxygens (including phenoxy) is 1. The lowest BCUT2D eigenvalue weighted by Gasteiger charge is -2.21. The second-order valence-electron chi connectivity index (χ2n) is 6.34. The Labute approximate surface area is 167 Å². The summed E-state index contributed by atoms with van der Waals surface area (Å²) in [6.45, 7) is 9.56. The predicted molar refractivity (Wildman–Crippen MR) is 118 cm³/mol. The number of rotatable bonds is 9. The molecule has 0 N–H and O–H groups in total. The maximum atomic E-state index is 12.9. The predicted octanol–water partition coefficient (Wildman–Crippen LogP) is 6.61. The molecule has 142 valence electrons. The van der Waals surface area contributed by atoms with Gasteiger partial charge in [0, 0.05) is 0 Å². The van der Waals surface area contributed by atoms with Crippen LogP contribution >= 0.6 is 0 Å². The lowest BCUT2D eigenvalue weighted by Crippen LogP contribution is -2.25. The highest BCUT2D eigenvalue weighted by atomic mass is 16.5. The zero-order valence-corrected chi connectivity index (χ0v) is 16.3. The molecule has 0 aliphatic heterocycles. The number of hydrogen-bond acceptors (Lipinski definition) is 2. The van der Waals surface area contributed by atoms with E-state index in [9.17, 15) is 4.79 Å². The van der Waals surface area contributed by atoms with E-state index in [-0.39, 0.29) is 0 Å². The summed E-state index contributed by atoms with van der Waals surface area (Å²) in [5.74, 6) is -0.429. The molecule has 2 nitrogen and oxygen atoms in total. The average Bonchev–Trinajstić information content (AvgIpc) is 2.74. The zero-order chi connectivity index (χ0) is 20.2. The summed E-state index contributed by atoms with van der Waals surface area (Å²) in [5, 5.41) is 0. The molecule has 0 radical (unpaired) electrons. The highest BCUT2D eigenvalue weighted by Crippen LogP contribution is 2.29. The molecule has 0 spiro atoms. The quantitative estimate of drug-likeness (QED) is 0.282. The van der Waals surface area contributed by atoms with E-state index in [0.717, 1.165) is 29.4 Å². The molecule has 0 amide bonds. The van der Waals surface area contributed by atoms with Crippen molar-refractivity contribution >= 4 is 18.1 Å². The Morgan fingerprint density at radius 2 is 1.43 bits per heavy atom. The van der Waals surface area contributed by atoms with E-state index in [4.69, 9.17) is 4.74 Å². The number of hydrogen-bond donors (Lipinski definition) is 0. The van der Waals surface area contributed by atoms with E-state index < -0.39 is 11.4 Å². The Balaban J connectivity index is 2.52. The molecule has 2 aromatic carbocycles. The second-order valence-corrected chi connectivity index (χ2v) is 6.34. The fraction of sp³-hybridized carbons (Fsp3) is 0.115. The summed E-state index contributed by atoms with van der Waals surface area (Å²) in [7, 11) is 0. The Morgan fingerprint density at radius 1 is 0.929 bits per heavy atom. The van der Waals surface area contributed by atoms with E-state index in [1.807, 2.05) is 104 Å². The van der Waals surface area contributed by atoms with Crippen molar-refractivity contribution < 1.29 is 9.53 Å². The molecule has 2 heteroatoms. The van der Waals surface area contributed by atoms with Crippen molar-refractivity contribution in [2.75, 3.05) is 0 Å². The maximum Gasteiger partial charge on any atom is 0.328 e. The van der Waals surface area contributed by atoms with Crippen molar-refractivity contribution in [2.24, 2.45) is 5.41 Å². The Kier molecular flexibility index (Phi) is 7.98. The standard InChI is InChI=1S/C26H26O2/c1-4-22(3)16-19-26(25(27)28-5-2,20-17-23-12-8-6-9-13-23)21-18-24-14-10-7-11-15-24/h5-21H,2-4H2,1H3. The zero-order valence-electron chi connectivity index (χ0n) is 16.3. The van der Waals surface area contributed by atoms with Crippen LogP contribution in [0.15, 0.2) is 110 Å². The molecule has 0 aliphatic rings. The van der Waals surface area contributed by atoms with Crippen LogP contribution in [-0.4, -0.2) is 5.97 Å². The van der Waals surface area contributed by atoms with E-state index in [0.29, 0.717) is 0 Å². The minimum absolute atomic E-state index is 0.429. The summed E-state index contributed by atoms with van der Waals surface area (Å²) < 4.78 is 5.19. The van der Waals surface area contributed by atoms with Crippen molar-refractivity contribution in [1.29, 1.82) is 0 Å². The van der Waals surface area contributed by atoms with Crippen molar-refractivity contribution in [3.63, 3.8) is 0 Å². The lowest BCUT2D eigenvalue weighted by atomic mass is 9.84. The third-order valence-corrected chi connectivity index (χ3v) is 4.30. The topological polar surface area (TPSA) is 26.3 Å². The SMILES string of the molecule is C=COC(=O)C(C=CC(=C)CC)(C=Cc1ccccc1)C=Cc1ccccc1. The van der Waals surface area contributed by atoms with Gasteiger partial charge in [0.1, 0.15) is 5.41 Å². The summed E-state index contributed by atoms with van der Waals surface area (Å²) in [6, 6.07) is 19.7. The average molecular weight is 370 g/mol. The van der Waals surface area contributed by atoms with Crippen LogP contribution in [0.4, 0.5) is 0 Å². The first kappa shape index (κ1) is 20.9.